The van der Waals surface area contributed by atoms with Crippen LogP contribution in [0.2, 0.25) is 0 Å². The van der Waals surface area contributed by atoms with Gasteiger partial charge in [-0.15, -0.1) is 0 Å². The van der Waals surface area contributed by atoms with E-state index in [9.17, 15) is 9.59 Å². The molecule has 2 aromatic rings. The lowest BCUT2D eigenvalue weighted by Crippen LogP contribution is -1.99. The second-order valence-electron chi connectivity index (χ2n) is 4.66. The quantitative estimate of drug-likeness (QED) is 0.654. The number of carboxylic acid groups (broad SMARTS) is 1. The summed E-state index contributed by atoms with van der Waals surface area (Å²) >= 11 is 0. The third-order valence-corrected chi connectivity index (χ3v) is 3.28. The smallest absolute Gasteiger partial charge is 0.335 e. The van der Waals surface area contributed by atoms with Crippen LogP contribution in [0.1, 0.15) is 26.3 Å². The van der Waals surface area contributed by atoms with E-state index in [1.807, 2.05) is 0 Å². The van der Waals surface area contributed by atoms with Crippen molar-refractivity contribution in [1.82, 2.24) is 0 Å². The van der Waals surface area contributed by atoms with E-state index in [4.69, 9.17) is 14.6 Å². The predicted molar refractivity (Wildman–Crippen MR) is 86.3 cm³/mol. The summed E-state index contributed by atoms with van der Waals surface area (Å²) in [5.74, 6) is -0.0857. The first-order valence-electron chi connectivity index (χ1n) is 6.83. The monoisotopic (exact) mass is 312 g/mol. The molecule has 0 aliphatic carbocycles. The number of methoxy groups -OCH3 is 2. The van der Waals surface area contributed by atoms with Gasteiger partial charge in [0.25, 0.3) is 0 Å². The highest BCUT2D eigenvalue weighted by molar-refractivity contribution is 6.07. The molecule has 2 aromatic carbocycles. The minimum Gasteiger partial charge on any atom is -0.496 e. The fraction of sp³-hybridized carbons (Fsp3) is 0.111. The van der Waals surface area contributed by atoms with E-state index in [2.05, 4.69) is 0 Å². The highest BCUT2D eigenvalue weighted by atomic mass is 16.5. The maximum atomic E-state index is 12.2. The lowest BCUT2D eigenvalue weighted by molar-refractivity contribution is 0.0696. The van der Waals surface area contributed by atoms with Crippen molar-refractivity contribution in [2.24, 2.45) is 0 Å². The van der Waals surface area contributed by atoms with Crippen LogP contribution in [0, 0.1) is 0 Å². The molecule has 5 nitrogen and oxygen atoms in total. The Kier molecular flexibility index (Phi) is 5.15. The Hall–Kier alpha value is -3.08. The molecule has 0 radical (unpaired) electrons. The zero-order valence-electron chi connectivity index (χ0n) is 12.8. The van der Waals surface area contributed by atoms with E-state index >= 15 is 0 Å². The highest BCUT2D eigenvalue weighted by Crippen LogP contribution is 2.29. The molecule has 0 aliphatic rings. The molecular weight excluding hydrogens is 296 g/mol. The number of carbonyl (C=O) groups excluding carboxylic acids is 1. The van der Waals surface area contributed by atoms with Gasteiger partial charge < -0.3 is 14.6 Å². The lowest BCUT2D eigenvalue weighted by atomic mass is 10.1. The number of carbonyl (C=O) groups is 2. The van der Waals surface area contributed by atoms with Gasteiger partial charge in [0.2, 0.25) is 0 Å². The lowest BCUT2D eigenvalue weighted by Gasteiger charge is -2.09. The van der Waals surface area contributed by atoms with Crippen LogP contribution in [0.5, 0.6) is 11.5 Å². The minimum absolute atomic E-state index is 0.136. The van der Waals surface area contributed by atoms with Crippen molar-refractivity contribution in [2.75, 3.05) is 14.2 Å². The topological polar surface area (TPSA) is 72.8 Å². The van der Waals surface area contributed by atoms with Crippen molar-refractivity contribution in [3.8, 4) is 11.5 Å². The van der Waals surface area contributed by atoms with Crippen molar-refractivity contribution in [1.29, 1.82) is 0 Å². The number of rotatable bonds is 6. The van der Waals surface area contributed by atoms with Crippen molar-refractivity contribution in [3.63, 3.8) is 0 Å². The molecule has 5 heteroatoms. The summed E-state index contributed by atoms with van der Waals surface area (Å²) in [4.78, 5) is 23.0. The van der Waals surface area contributed by atoms with E-state index < -0.39 is 5.97 Å². The van der Waals surface area contributed by atoms with E-state index in [0.717, 1.165) is 0 Å². The van der Waals surface area contributed by atoms with Gasteiger partial charge >= 0.3 is 5.97 Å². The molecule has 2 rings (SSSR count). The molecular formula is C18H16O5. The molecule has 1 N–H and O–H groups in total. The fourth-order valence-corrected chi connectivity index (χ4v) is 2.08. The van der Waals surface area contributed by atoms with Gasteiger partial charge in [-0.3, -0.25) is 4.79 Å². The van der Waals surface area contributed by atoms with Crippen molar-refractivity contribution in [3.05, 3.63) is 65.2 Å². The summed E-state index contributed by atoms with van der Waals surface area (Å²) in [6.45, 7) is 0. The average molecular weight is 312 g/mol. The maximum Gasteiger partial charge on any atom is 0.335 e. The van der Waals surface area contributed by atoms with E-state index in [1.54, 1.807) is 38.5 Å². The molecule has 0 unspecified atom stereocenters. The molecule has 118 valence electrons. The van der Waals surface area contributed by atoms with Gasteiger partial charge in [0.1, 0.15) is 11.5 Å². The first-order chi connectivity index (χ1) is 11.1. The summed E-state index contributed by atoms with van der Waals surface area (Å²) in [7, 11) is 3.08. The number of allylic oxidation sites excluding steroid dienone is 1. The number of carboxylic acids is 1. The molecule has 23 heavy (non-hydrogen) atoms. The van der Waals surface area contributed by atoms with Gasteiger partial charge in [-0.25, -0.2) is 4.79 Å². The van der Waals surface area contributed by atoms with Crippen LogP contribution in [0.3, 0.4) is 0 Å². The second kappa shape index (κ2) is 7.26. The van der Waals surface area contributed by atoms with Gasteiger partial charge in [0.15, 0.2) is 5.78 Å². The molecule has 0 aliphatic heterocycles. The number of ketones is 1. The van der Waals surface area contributed by atoms with Gasteiger partial charge in [-0.2, -0.15) is 0 Å². The molecule has 0 saturated heterocycles. The minimum atomic E-state index is -1.03. The molecule has 0 amide bonds. The Bertz CT molecular complexity index is 722. The van der Waals surface area contributed by atoms with E-state index in [-0.39, 0.29) is 11.3 Å². The number of aromatic carboxylic acids is 1. The van der Waals surface area contributed by atoms with Crippen LogP contribution < -0.4 is 9.47 Å². The van der Waals surface area contributed by atoms with E-state index in [0.29, 0.717) is 22.6 Å². The third kappa shape index (κ3) is 3.77. The maximum absolute atomic E-state index is 12.2. The first-order valence-corrected chi connectivity index (χ1v) is 6.83. The zero-order chi connectivity index (χ0) is 16.8. The van der Waals surface area contributed by atoms with Crippen molar-refractivity contribution >= 4 is 17.8 Å². The predicted octanol–water partition coefficient (Wildman–Crippen LogP) is 3.30. The molecule has 0 saturated carbocycles. The molecule has 0 fully saturated rings. The summed E-state index contributed by atoms with van der Waals surface area (Å²) in [6.07, 6.45) is 3.02. The summed E-state index contributed by atoms with van der Waals surface area (Å²) in [6, 6.07) is 11.1. The Morgan fingerprint density at radius 2 is 1.43 bits per heavy atom. The molecule has 0 atom stereocenters. The van der Waals surface area contributed by atoms with Crippen LogP contribution in [0.4, 0.5) is 0 Å². The summed E-state index contributed by atoms with van der Waals surface area (Å²) < 4.78 is 10.5. The number of ether oxygens (including phenoxy) is 2. The van der Waals surface area contributed by atoms with Crippen LogP contribution >= 0.6 is 0 Å². The average Bonchev–Trinajstić information content (AvgIpc) is 2.59. The zero-order valence-corrected chi connectivity index (χ0v) is 12.8. The highest BCUT2D eigenvalue weighted by Gasteiger charge is 2.09. The fourth-order valence-electron chi connectivity index (χ4n) is 2.08. The normalized spacial score (nSPS) is 10.5. The number of hydrogen-bond acceptors (Lipinski definition) is 4. The Morgan fingerprint density at radius 1 is 0.913 bits per heavy atom. The van der Waals surface area contributed by atoms with Crippen LogP contribution in [0.15, 0.2) is 48.5 Å². The van der Waals surface area contributed by atoms with Crippen molar-refractivity contribution in [2.45, 2.75) is 0 Å². The molecule has 0 aromatic heterocycles. The van der Waals surface area contributed by atoms with Gasteiger partial charge in [0, 0.05) is 5.56 Å². The van der Waals surface area contributed by atoms with Crippen LogP contribution in [0.25, 0.3) is 6.08 Å². The van der Waals surface area contributed by atoms with Crippen molar-refractivity contribution < 1.29 is 24.2 Å². The van der Waals surface area contributed by atoms with Gasteiger partial charge in [0.05, 0.1) is 25.3 Å². The first kappa shape index (κ1) is 16.3. The summed E-state index contributed by atoms with van der Waals surface area (Å²) in [5.41, 5.74) is 1.20. The molecule has 0 bridgehead atoms. The largest absolute Gasteiger partial charge is 0.496 e. The number of benzene rings is 2. The van der Waals surface area contributed by atoms with Crippen LogP contribution in [-0.4, -0.2) is 31.1 Å². The number of hydrogen-bond donors (Lipinski definition) is 1. The van der Waals surface area contributed by atoms with Gasteiger partial charge in [-0.1, -0.05) is 18.2 Å². The summed E-state index contributed by atoms with van der Waals surface area (Å²) in [5, 5.41) is 8.86. The SMILES string of the molecule is COc1cccc(OC)c1/C=C/C(=O)c1ccc(C(=O)O)cc1. The van der Waals surface area contributed by atoms with E-state index in [1.165, 1.54) is 30.3 Å². The van der Waals surface area contributed by atoms with Crippen LogP contribution in [-0.2, 0) is 0 Å². The standard InChI is InChI=1S/C18H16O5/c1-22-16-4-3-5-17(23-2)14(16)10-11-15(19)12-6-8-13(9-7-12)18(20)21/h3-11H,1-2H3,(H,20,21)/b11-10+. The Balaban J connectivity index is 2.26. The third-order valence-electron chi connectivity index (χ3n) is 3.28. The van der Waals surface area contributed by atoms with Gasteiger partial charge in [-0.05, 0) is 36.4 Å². The second-order valence-corrected chi connectivity index (χ2v) is 4.66. The Morgan fingerprint density at radius 3 is 1.91 bits per heavy atom. The molecule has 0 heterocycles. The Labute approximate surface area is 133 Å². The molecule has 0 spiro atoms.